The van der Waals surface area contributed by atoms with E-state index >= 15 is 0 Å². The highest BCUT2D eigenvalue weighted by molar-refractivity contribution is 5.85. The van der Waals surface area contributed by atoms with E-state index in [-0.39, 0.29) is 12.4 Å². The molecule has 0 saturated heterocycles. The Morgan fingerprint density at radius 3 is 3.00 bits per heavy atom. The van der Waals surface area contributed by atoms with Gasteiger partial charge in [-0.2, -0.15) is 0 Å². The molecule has 16 heavy (non-hydrogen) atoms. The van der Waals surface area contributed by atoms with E-state index < -0.39 is 0 Å². The smallest absolute Gasteiger partial charge is 0.0720 e. The number of likely N-dealkylation sites (N-methyl/N-ethyl adjacent to an activating group) is 1. The third kappa shape index (κ3) is 1.97. The number of hydrogen-bond acceptors (Lipinski definition) is 2. The van der Waals surface area contributed by atoms with Crippen molar-refractivity contribution in [2.75, 3.05) is 26.7 Å². The average Bonchev–Trinajstić information content (AvgIpc) is 2.41. The van der Waals surface area contributed by atoms with Crippen LogP contribution in [0.4, 0.5) is 0 Å². The normalized spacial score (nSPS) is 24.2. The molecule has 2 nitrogen and oxygen atoms in total. The summed E-state index contributed by atoms with van der Waals surface area (Å²) in [5.41, 5.74) is 4.55. The molecule has 0 aromatic heterocycles. The molecule has 2 aliphatic heterocycles. The Bertz CT molecular complexity index is 380. The van der Waals surface area contributed by atoms with Gasteiger partial charge in [0.05, 0.1) is 13.2 Å². The fraction of sp³-hybridized carbons (Fsp3) is 0.538. The van der Waals surface area contributed by atoms with Crippen molar-refractivity contribution >= 4 is 12.4 Å². The maximum absolute atomic E-state index is 5.67. The van der Waals surface area contributed by atoms with Gasteiger partial charge in [0.15, 0.2) is 0 Å². The van der Waals surface area contributed by atoms with Gasteiger partial charge in [0.1, 0.15) is 0 Å². The summed E-state index contributed by atoms with van der Waals surface area (Å²) in [6.45, 7) is 4.02. The molecular formula is C13H18ClNO. The Kier molecular flexibility index (Phi) is 3.53. The summed E-state index contributed by atoms with van der Waals surface area (Å²) in [7, 11) is 2.21. The van der Waals surface area contributed by atoms with Gasteiger partial charge in [-0.15, -0.1) is 12.4 Å². The van der Waals surface area contributed by atoms with Crippen LogP contribution in [0.5, 0.6) is 0 Å². The minimum Gasteiger partial charge on any atom is -0.376 e. The molecule has 3 heteroatoms. The number of rotatable bonds is 0. The summed E-state index contributed by atoms with van der Waals surface area (Å²) in [5, 5.41) is 0. The number of benzene rings is 1. The van der Waals surface area contributed by atoms with Crippen molar-refractivity contribution in [2.45, 2.75) is 18.9 Å². The van der Waals surface area contributed by atoms with E-state index in [0.29, 0.717) is 5.92 Å². The molecule has 0 N–H and O–H groups in total. The second-order valence-electron chi connectivity index (χ2n) is 4.71. The molecule has 1 aromatic carbocycles. The first-order valence-corrected chi connectivity index (χ1v) is 5.71. The second kappa shape index (κ2) is 4.74. The van der Waals surface area contributed by atoms with E-state index in [1.54, 1.807) is 11.1 Å². The lowest BCUT2D eigenvalue weighted by Crippen LogP contribution is -2.28. The predicted molar refractivity (Wildman–Crippen MR) is 67.3 cm³/mol. The average molecular weight is 240 g/mol. The van der Waals surface area contributed by atoms with Gasteiger partial charge in [-0.05, 0) is 30.2 Å². The molecule has 0 fully saturated rings. The quantitative estimate of drug-likeness (QED) is 0.688. The van der Waals surface area contributed by atoms with Crippen molar-refractivity contribution in [1.29, 1.82) is 0 Å². The van der Waals surface area contributed by atoms with Gasteiger partial charge in [0.2, 0.25) is 0 Å². The topological polar surface area (TPSA) is 12.5 Å². The second-order valence-corrected chi connectivity index (χ2v) is 4.71. The summed E-state index contributed by atoms with van der Waals surface area (Å²) in [6, 6.07) is 6.68. The molecule has 0 aliphatic carbocycles. The molecule has 88 valence electrons. The molecule has 0 spiro atoms. The minimum absolute atomic E-state index is 0. The number of ether oxygens (including phenoxy) is 1. The van der Waals surface area contributed by atoms with Crippen LogP contribution < -0.4 is 0 Å². The van der Waals surface area contributed by atoms with E-state index in [4.69, 9.17) is 4.74 Å². The monoisotopic (exact) mass is 239 g/mol. The summed E-state index contributed by atoms with van der Waals surface area (Å²) >= 11 is 0. The Balaban J connectivity index is 0.000000963. The van der Waals surface area contributed by atoms with Crippen LogP contribution in [0.15, 0.2) is 18.2 Å². The van der Waals surface area contributed by atoms with Crippen molar-refractivity contribution in [1.82, 2.24) is 4.90 Å². The lowest BCUT2D eigenvalue weighted by atomic mass is 9.88. The number of nitrogens with zero attached hydrogens (tertiary/aromatic N) is 1. The fourth-order valence-electron chi connectivity index (χ4n) is 2.85. The highest BCUT2D eigenvalue weighted by Gasteiger charge is 2.26. The maximum atomic E-state index is 5.67. The van der Waals surface area contributed by atoms with Crippen molar-refractivity contribution < 1.29 is 4.74 Å². The standard InChI is InChI=1S/C13H17NO.ClH/c1-14-6-5-10-3-2-4-11-8-15-9-12(7-14)13(10)11;/h2-4,12H,5-9H2,1H3;1H. The summed E-state index contributed by atoms with van der Waals surface area (Å²) in [6.07, 6.45) is 1.19. The predicted octanol–water partition coefficient (Wildman–Crippen LogP) is 2.21. The van der Waals surface area contributed by atoms with Crippen LogP contribution >= 0.6 is 12.4 Å². The van der Waals surface area contributed by atoms with Gasteiger partial charge in [-0.1, -0.05) is 18.2 Å². The highest BCUT2D eigenvalue weighted by Crippen LogP contribution is 2.32. The molecule has 2 aliphatic rings. The van der Waals surface area contributed by atoms with E-state index in [1.807, 2.05) is 0 Å². The molecule has 0 bridgehead atoms. The van der Waals surface area contributed by atoms with Crippen LogP contribution in [0.1, 0.15) is 22.6 Å². The maximum Gasteiger partial charge on any atom is 0.0720 e. The Hall–Kier alpha value is -0.570. The SMILES string of the molecule is CN1CCc2cccc3c2C(COC3)C1.Cl. The van der Waals surface area contributed by atoms with Crippen LogP contribution in [0.25, 0.3) is 0 Å². The third-order valence-corrected chi connectivity index (χ3v) is 3.57. The summed E-state index contributed by atoms with van der Waals surface area (Å²) in [5.74, 6) is 0.595. The Morgan fingerprint density at radius 2 is 2.12 bits per heavy atom. The highest BCUT2D eigenvalue weighted by atomic mass is 35.5. The molecule has 2 heterocycles. The van der Waals surface area contributed by atoms with Gasteiger partial charge in [0, 0.05) is 19.0 Å². The zero-order chi connectivity index (χ0) is 10.3. The van der Waals surface area contributed by atoms with E-state index in [2.05, 4.69) is 30.1 Å². The van der Waals surface area contributed by atoms with Crippen LogP contribution in [-0.2, 0) is 17.8 Å². The first kappa shape index (κ1) is 11.9. The van der Waals surface area contributed by atoms with E-state index in [1.165, 1.54) is 18.5 Å². The van der Waals surface area contributed by atoms with Crippen LogP contribution in [0.3, 0.4) is 0 Å². The number of hydrogen-bond donors (Lipinski definition) is 0. The zero-order valence-corrected chi connectivity index (χ0v) is 10.4. The first-order chi connectivity index (χ1) is 7.34. The van der Waals surface area contributed by atoms with Gasteiger partial charge in [-0.3, -0.25) is 0 Å². The lowest BCUT2D eigenvalue weighted by molar-refractivity contribution is 0.0832. The molecule has 1 unspecified atom stereocenters. The summed E-state index contributed by atoms with van der Waals surface area (Å²) in [4.78, 5) is 2.42. The van der Waals surface area contributed by atoms with E-state index in [9.17, 15) is 0 Å². The van der Waals surface area contributed by atoms with Gasteiger partial charge in [-0.25, -0.2) is 0 Å². The van der Waals surface area contributed by atoms with Crippen molar-refractivity contribution in [2.24, 2.45) is 0 Å². The molecule has 0 amide bonds. The van der Waals surface area contributed by atoms with Crippen molar-refractivity contribution in [3.05, 3.63) is 34.9 Å². The van der Waals surface area contributed by atoms with Crippen molar-refractivity contribution in [3.8, 4) is 0 Å². The van der Waals surface area contributed by atoms with Gasteiger partial charge in [0.25, 0.3) is 0 Å². The minimum atomic E-state index is 0. The third-order valence-electron chi connectivity index (χ3n) is 3.57. The van der Waals surface area contributed by atoms with Crippen LogP contribution in [0, 0.1) is 0 Å². The number of halogens is 1. The molecule has 1 atom stereocenters. The van der Waals surface area contributed by atoms with Crippen LogP contribution in [-0.4, -0.2) is 31.6 Å². The Morgan fingerprint density at radius 1 is 1.31 bits per heavy atom. The zero-order valence-electron chi connectivity index (χ0n) is 9.61. The Labute approximate surface area is 103 Å². The molecule has 1 aromatic rings. The lowest BCUT2D eigenvalue weighted by Gasteiger charge is -2.27. The van der Waals surface area contributed by atoms with Gasteiger partial charge >= 0.3 is 0 Å². The fourth-order valence-corrected chi connectivity index (χ4v) is 2.85. The molecular weight excluding hydrogens is 222 g/mol. The van der Waals surface area contributed by atoms with Crippen LogP contribution in [0.2, 0.25) is 0 Å². The largest absolute Gasteiger partial charge is 0.376 e. The summed E-state index contributed by atoms with van der Waals surface area (Å²) < 4.78 is 5.67. The first-order valence-electron chi connectivity index (χ1n) is 5.71. The molecule has 0 radical (unpaired) electrons. The van der Waals surface area contributed by atoms with Crippen molar-refractivity contribution in [3.63, 3.8) is 0 Å². The van der Waals surface area contributed by atoms with Gasteiger partial charge < -0.3 is 9.64 Å². The molecule has 0 saturated carbocycles. The molecule has 3 rings (SSSR count). The van der Waals surface area contributed by atoms with E-state index in [0.717, 1.165) is 19.8 Å².